The Kier molecular flexibility index (Phi) is 3.03. The third-order valence-electron chi connectivity index (χ3n) is 6.20. The molecule has 1 aromatic heterocycles. The summed E-state index contributed by atoms with van der Waals surface area (Å²) in [7, 11) is 0. The molecule has 0 aliphatic heterocycles. The summed E-state index contributed by atoms with van der Waals surface area (Å²) in [5, 5.41) is 9.49. The second kappa shape index (κ2) is 5.74. The average molecular weight is 380 g/mol. The monoisotopic (exact) mass is 380 g/mol. The van der Waals surface area contributed by atoms with E-state index in [0.29, 0.717) is 0 Å². The number of fused-ring (bicyclic) bond motifs is 12. The van der Waals surface area contributed by atoms with Crippen LogP contribution in [0, 0.1) is 0 Å². The third-order valence-corrected chi connectivity index (χ3v) is 6.20. The fraction of sp³-hybridized carbons (Fsp3) is 0. The lowest BCUT2D eigenvalue weighted by Crippen LogP contribution is -1.93. The zero-order valence-corrected chi connectivity index (χ0v) is 16.1. The lowest BCUT2D eigenvalue weighted by atomic mass is 9.97. The molecule has 2 heteroatoms. The van der Waals surface area contributed by atoms with Crippen LogP contribution in [0.4, 0.5) is 0 Å². The van der Waals surface area contributed by atoms with Crippen molar-refractivity contribution in [2.24, 2.45) is 0 Å². The molecule has 0 saturated heterocycles. The molecule has 7 aromatic rings. The van der Waals surface area contributed by atoms with Crippen LogP contribution in [0.2, 0.25) is 0 Å². The first-order chi connectivity index (χ1) is 14.9. The van der Waals surface area contributed by atoms with Crippen molar-refractivity contribution in [3.8, 4) is 0 Å². The van der Waals surface area contributed by atoms with Crippen LogP contribution < -0.4 is 0 Å². The highest BCUT2D eigenvalue weighted by Crippen LogP contribution is 2.38. The molecule has 0 aliphatic rings. The van der Waals surface area contributed by atoms with Crippen molar-refractivity contribution in [3.63, 3.8) is 0 Å². The van der Waals surface area contributed by atoms with E-state index in [0.717, 1.165) is 43.6 Å². The third kappa shape index (κ3) is 1.98. The van der Waals surface area contributed by atoms with E-state index in [4.69, 9.17) is 9.97 Å². The predicted molar refractivity (Wildman–Crippen MR) is 127 cm³/mol. The van der Waals surface area contributed by atoms with E-state index >= 15 is 0 Å². The van der Waals surface area contributed by atoms with Gasteiger partial charge in [0.2, 0.25) is 0 Å². The molecular formula is C28H16N2. The van der Waals surface area contributed by atoms with E-state index in [-0.39, 0.29) is 0 Å². The van der Waals surface area contributed by atoms with Gasteiger partial charge in [-0.25, -0.2) is 9.97 Å². The van der Waals surface area contributed by atoms with Gasteiger partial charge in [0.1, 0.15) is 0 Å². The van der Waals surface area contributed by atoms with Crippen LogP contribution in [-0.4, -0.2) is 9.97 Å². The maximum atomic E-state index is 5.27. The molecule has 0 radical (unpaired) electrons. The summed E-state index contributed by atoms with van der Waals surface area (Å²) in [6, 6.07) is 34.1. The van der Waals surface area contributed by atoms with Crippen LogP contribution >= 0.6 is 0 Å². The van der Waals surface area contributed by atoms with Crippen molar-refractivity contribution in [2.75, 3.05) is 0 Å². The van der Waals surface area contributed by atoms with E-state index in [1.165, 1.54) is 21.5 Å². The molecule has 0 bridgehead atoms. The summed E-state index contributed by atoms with van der Waals surface area (Å²) < 4.78 is 0. The summed E-state index contributed by atoms with van der Waals surface area (Å²) in [4.78, 5) is 10.5. The number of hydrogen-bond acceptors (Lipinski definition) is 2. The highest BCUT2D eigenvalue weighted by atomic mass is 14.8. The Balaban J connectivity index is 1.86. The molecule has 0 amide bonds. The molecule has 0 aliphatic carbocycles. The number of aromatic nitrogens is 2. The van der Waals surface area contributed by atoms with Crippen LogP contribution in [0.5, 0.6) is 0 Å². The lowest BCUT2D eigenvalue weighted by Gasteiger charge is -2.13. The maximum absolute atomic E-state index is 5.27. The number of nitrogens with zero attached hydrogens (tertiary/aromatic N) is 2. The van der Waals surface area contributed by atoms with Crippen LogP contribution in [0.15, 0.2) is 97.1 Å². The molecule has 0 saturated carbocycles. The van der Waals surface area contributed by atoms with Crippen LogP contribution in [0.25, 0.3) is 65.2 Å². The Morgan fingerprint density at radius 3 is 0.700 bits per heavy atom. The van der Waals surface area contributed by atoms with E-state index in [9.17, 15) is 0 Å². The molecular weight excluding hydrogens is 364 g/mol. The lowest BCUT2D eigenvalue weighted by molar-refractivity contribution is 1.44. The first kappa shape index (κ1) is 15.8. The first-order valence-corrected chi connectivity index (χ1v) is 10.2. The minimum absolute atomic E-state index is 0.970. The molecule has 7 rings (SSSR count). The minimum atomic E-state index is 0.970. The van der Waals surface area contributed by atoms with Crippen LogP contribution in [0.3, 0.4) is 0 Å². The minimum Gasteiger partial charge on any atom is -0.243 e. The van der Waals surface area contributed by atoms with Gasteiger partial charge in [-0.1, -0.05) is 97.1 Å². The van der Waals surface area contributed by atoms with Crippen LogP contribution in [-0.2, 0) is 0 Å². The SMILES string of the molecule is c1ccc2c(c1)c1ccccc1c1nc3c4ccccc4c4ccccc4c3nc21. The first-order valence-electron chi connectivity index (χ1n) is 10.2. The predicted octanol–water partition coefficient (Wildman–Crippen LogP) is 7.40. The Hall–Kier alpha value is -4.04. The van der Waals surface area contributed by atoms with Crippen molar-refractivity contribution in [1.82, 2.24) is 9.97 Å². The Labute approximate surface area is 172 Å². The van der Waals surface area contributed by atoms with Gasteiger partial charge in [-0.05, 0) is 21.5 Å². The molecule has 6 aromatic carbocycles. The molecule has 0 N–H and O–H groups in total. The molecule has 138 valence electrons. The van der Waals surface area contributed by atoms with Gasteiger partial charge in [-0.3, -0.25) is 0 Å². The second-order valence-electron chi connectivity index (χ2n) is 7.80. The van der Waals surface area contributed by atoms with E-state index < -0.39 is 0 Å². The topological polar surface area (TPSA) is 25.8 Å². The van der Waals surface area contributed by atoms with Gasteiger partial charge in [0, 0.05) is 21.5 Å². The summed E-state index contributed by atoms with van der Waals surface area (Å²) in [5.41, 5.74) is 3.88. The Bertz CT molecular complexity index is 1530. The number of hydrogen-bond donors (Lipinski definition) is 0. The van der Waals surface area contributed by atoms with Crippen molar-refractivity contribution in [1.29, 1.82) is 0 Å². The van der Waals surface area contributed by atoms with E-state index in [2.05, 4.69) is 97.1 Å². The van der Waals surface area contributed by atoms with Gasteiger partial charge >= 0.3 is 0 Å². The summed E-state index contributed by atoms with van der Waals surface area (Å²) in [6.45, 7) is 0. The maximum Gasteiger partial charge on any atom is 0.0979 e. The Morgan fingerprint density at radius 1 is 0.267 bits per heavy atom. The highest BCUT2D eigenvalue weighted by Gasteiger charge is 2.15. The highest BCUT2D eigenvalue weighted by molar-refractivity contribution is 6.28. The molecule has 30 heavy (non-hydrogen) atoms. The molecule has 0 atom stereocenters. The normalized spacial score (nSPS) is 12.0. The van der Waals surface area contributed by atoms with Crippen molar-refractivity contribution >= 4 is 65.2 Å². The van der Waals surface area contributed by atoms with Crippen molar-refractivity contribution < 1.29 is 0 Å². The fourth-order valence-corrected chi connectivity index (χ4v) is 4.88. The van der Waals surface area contributed by atoms with Gasteiger partial charge in [0.25, 0.3) is 0 Å². The van der Waals surface area contributed by atoms with Gasteiger partial charge < -0.3 is 0 Å². The second-order valence-corrected chi connectivity index (χ2v) is 7.80. The van der Waals surface area contributed by atoms with E-state index in [1.54, 1.807) is 0 Å². The van der Waals surface area contributed by atoms with Crippen molar-refractivity contribution in [2.45, 2.75) is 0 Å². The zero-order chi connectivity index (χ0) is 19.7. The quantitative estimate of drug-likeness (QED) is 0.202. The fourth-order valence-electron chi connectivity index (χ4n) is 4.88. The summed E-state index contributed by atoms with van der Waals surface area (Å²) in [6.07, 6.45) is 0. The van der Waals surface area contributed by atoms with Gasteiger partial charge in [-0.2, -0.15) is 0 Å². The van der Waals surface area contributed by atoms with Gasteiger partial charge in [0.05, 0.1) is 22.1 Å². The number of rotatable bonds is 0. The average Bonchev–Trinajstić information content (AvgIpc) is 2.83. The molecule has 2 nitrogen and oxygen atoms in total. The largest absolute Gasteiger partial charge is 0.243 e. The molecule has 0 unspecified atom stereocenters. The van der Waals surface area contributed by atoms with Crippen molar-refractivity contribution in [3.05, 3.63) is 97.1 Å². The van der Waals surface area contributed by atoms with Gasteiger partial charge in [-0.15, -0.1) is 0 Å². The summed E-state index contributed by atoms with van der Waals surface area (Å²) in [5.74, 6) is 0. The Morgan fingerprint density at radius 2 is 0.467 bits per heavy atom. The molecule has 0 spiro atoms. The molecule has 1 heterocycles. The zero-order valence-electron chi connectivity index (χ0n) is 16.1. The standard InChI is InChI=1S/C28H16N2/c1-5-13-21-17(9-1)18-10-2-6-14-22(18)26-25(21)29-27-23-15-7-3-11-19(23)20-12-4-8-16-24(20)28(27)30-26/h1-16H. The van der Waals surface area contributed by atoms with E-state index in [1.807, 2.05) is 0 Å². The summed E-state index contributed by atoms with van der Waals surface area (Å²) >= 11 is 0. The van der Waals surface area contributed by atoms with Gasteiger partial charge in [0.15, 0.2) is 0 Å². The number of benzene rings is 6. The smallest absolute Gasteiger partial charge is 0.0979 e. The molecule has 0 fully saturated rings. The van der Waals surface area contributed by atoms with Crippen LogP contribution in [0.1, 0.15) is 0 Å².